The zero-order chi connectivity index (χ0) is 19.2. The third-order valence-electron chi connectivity index (χ3n) is 4.22. The number of esters is 1. The Hall–Kier alpha value is -2.64. The minimum atomic E-state index is -0.451. The summed E-state index contributed by atoms with van der Waals surface area (Å²) in [6.07, 6.45) is 1.44. The number of benzene rings is 1. The average Bonchev–Trinajstić information content (AvgIpc) is 2.73. The molecule has 1 aromatic carbocycles. The van der Waals surface area contributed by atoms with Gasteiger partial charge in [-0.05, 0) is 36.4 Å². The molecule has 1 saturated heterocycles. The van der Waals surface area contributed by atoms with Gasteiger partial charge in [-0.1, -0.05) is 11.6 Å². The van der Waals surface area contributed by atoms with Crippen LogP contribution in [0.1, 0.15) is 16.1 Å². The number of nitrogens with zero attached hydrogens (tertiary/aromatic N) is 3. The molecule has 0 aliphatic carbocycles. The molecule has 1 aliphatic rings. The van der Waals surface area contributed by atoms with Gasteiger partial charge in [0.25, 0.3) is 0 Å². The molecule has 2 heterocycles. The summed E-state index contributed by atoms with van der Waals surface area (Å²) in [6, 6.07) is 10.3. The van der Waals surface area contributed by atoms with Crippen LogP contribution < -0.4 is 4.90 Å². The van der Waals surface area contributed by atoms with Gasteiger partial charge in [-0.15, -0.1) is 0 Å². The number of methoxy groups -OCH3 is 1. The molecule has 2 amide bonds. The quantitative estimate of drug-likeness (QED) is 0.752. The molecule has 0 unspecified atom stereocenters. The summed E-state index contributed by atoms with van der Waals surface area (Å²) in [5, 5.41) is 0.595. The second kappa shape index (κ2) is 8.83. The van der Waals surface area contributed by atoms with E-state index in [4.69, 9.17) is 16.3 Å². The molecule has 142 valence electrons. The highest BCUT2D eigenvalue weighted by Gasteiger charge is 2.24. The number of carbonyl (C=O) groups excluding carboxylic acids is 2. The van der Waals surface area contributed by atoms with Crippen molar-refractivity contribution >= 4 is 29.3 Å². The van der Waals surface area contributed by atoms with E-state index < -0.39 is 5.97 Å². The highest BCUT2D eigenvalue weighted by molar-refractivity contribution is 6.30. The van der Waals surface area contributed by atoms with Gasteiger partial charge in [-0.2, -0.15) is 0 Å². The Balaban J connectivity index is 1.83. The number of hydrogen-bond donors (Lipinski definition) is 0. The molecule has 1 fully saturated rings. The van der Waals surface area contributed by atoms with E-state index in [2.05, 4.69) is 9.72 Å². The van der Waals surface area contributed by atoms with E-state index in [1.807, 2.05) is 0 Å². The van der Waals surface area contributed by atoms with Crippen LogP contribution >= 0.6 is 11.6 Å². The van der Waals surface area contributed by atoms with Crippen molar-refractivity contribution in [3.63, 3.8) is 0 Å². The molecule has 3 rings (SSSR count). The molecular formula is C19H20ClN3O4. The minimum Gasteiger partial charge on any atom is -0.465 e. The van der Waals surface area contributed by atoms with Crippen molar-refractivity contribution in [1.29, 1.82) is 0 Å². The summed E-state index contributed by atoms with van der Waals surface area (Å²) in [5.74, 6) is -0.451. The molecule has 0 atom stereocenters. The number of ether oxygens (including phenoxy) is 2. The lowest BCUT2D eigenvalue weighted by Gasteiger charge is -2.33. The van der Waals surface area contributed by atoms with Gasteiger partial charge in [0.15, 0.2) is 0 Å². The highest BCUT2D eigenvalue weighted by atomic mass is 35.5. The van der Waals surface area contributed by atoms with E-state index in [1.165, 1.54) is 13.3 Å². The Kier molecular flexibility index (Phi) is 6.26. The van der Waals surface area contributed by atoms with Crippen LogP contribution in [0.3, 0.4) is 0 Å². The Morgan fingerprint density at radius 1 is 1.19 bits per heavy atom. The second-order valence-electron chi connectivity index (χ2n) is 5.97. The van der Waals surface area contributed by atoms with Crippen molar-refractivity contribution < 1.29 is 19.1 Å². The lowest BCUT2D eigenvalue weighted by molar-refractivity contribution is 0.0548. The van der Waals surface area contributed by atoms with Crippen LogP contribution in [-0.4, -0.2) is 55.3 Å². The Morgan fingerprint density at radius 2 is 1.89 bits per heavy atom. The fraction of sp³-hybridized carbons (Fsp3) is 0.316. The summed E-state index contributed by atoms with van der Waals surface area (Å²) in [7, 11) is 1.32. The number of halogens is 1. The molecule has 2 aromatic rings. The molecule has 0 spiro atoms. The zero-order valence-electron chi connectivity index (χ0n) is 14.9. The van der Waals surface area contributed by atoms with Crippen molar-refractivity contribution in [2.24, 2.45) is 0 Å². The topological polar surface area (TPSA) is 72.0 Å². The first-order chi connectivity index (χ1) is 13.1. The fourth-order valence-corrected chi connectivity index (χ4v) is 2.86. The standard InChI is InChI=1S/C19H20ClN3O4/c1-26-18(24)14-2-5-16(21-12-14)13-23(17-6-3-15(20)4-7-17)19(25)22-8-10-27-11-9-22/h2-7,12H,8-11,13H2,1H3. The van der Waals surface area contributed by atoms with Crippen LogP contribution in [0.4, 0.5) is 10.5 Å². The molecule has 0 saturated carbocycles. The normalized spacial score (nSPS) is 13.9. The van der Waals surface area contributed by atoms with Crippen LogP contribution in [0, 0.1) is 0 Å². The average molecular weight is 390 g/mol. The molecular weight excluding hydrogens is 370 g/mol. The predicted octanol–water partition coefficient (Wildman–Crippen LogP) is 2.98. The SMILES string of the molecule is COC(=O)c1ccc(CN(C(=O)N2CCOCC2)c2ccc(Cl)cc2)nc1. The van der Waals surface area contributed by atoms with Gasteiger partial charge in [-0.25, -0.2) is 9.59 Å². The number of morpholine rings is 1. The van der Waals surface area contributed by atoms with Gasteiger partial charge in [-0.3, -0.25) is 9.88 Å². The van der Waals surface area contributed by atoms with Crippen molar-refractivity contribution in [1.82, 2.24) is 9.88 Å². The van der Waals surface area contributed by atoms with Gasteiger partial charge in [0.1, 0.15) is 0 Å². The number of anilines is 1. The van der Waals surface area contributed by atoms with Crippen LogP contribution in [0.5, 0.6) is 0 Å². The molecule has 0 bridgehead atoms. The number of amides is 2. The number of rotatable bonds is 4. The zero-order valence-corrected chi connectivity index (χ0v) is 15.7. The van der Waals surface area contributed by atoms with Crippen molar-refractivity contribution in [3.8, 4) is 0 Å². The Labute approximate surface area is 162 Å². The third kappa shape index (κ3) is 4.75. The maximum Gasteiger partial charge on any atom is 0.339 e. The Morgan fingerprint density at radius 3 is 2.48 bits per heavy atom. The molecule has 0 N–H and O–H groups in total. The molecule has 8 heteroatoms. The third-order valence-corrected chi connectivity index (χ3v) is 4.47. The summed E-state index contributed by atoms with van der Waals surface area (Å²) >= 11 is 5.98. The molecule has 27 heavy (non-hydrogen) atoms. The number of aromatic nitrogens is 1. The molecule has 0 radical (unpaired) electrons. The number of urea groups is 1. The van der Waals surface area contributed by atoms with Crippen LogP contribution in [0.2, 0.25) is 5.02 Å². The van der Waals surface area contributed by atoms with Crippen molar-refractivity contribution in [2.75, 3.05) is 38.3 Å². The number of hydrogen-bond acceptors (Lipinski definition) is 5. The summed E-state index contributed by atoms with van der Waals surface area (Å²) in [6.45, 7) is 2.38. The van der Waals surface area contributed by atoms with Gasteiger partial charge >= 0.3 is 12.0 Å². The largest absolute Gasteiger partial charge is 0.465 e. The summed E-state index contributed by atoms with van der Waals surface area (Å²) in [5.41, 5.74) is 1.73. The number of carbonyl (C=O) groups is 2. The summed E-state index contributed by atoms with van der Waals surface area (Å²) < 4.78 is 10.0. The van der Waals surface area contributed by atoms with Gasteiger partial charge in [0.05, 0.1) is 38.1 Å². The maximum absolute atomic E-state index is 13.1. The maximum atomic E-state index is 13.1. The Bertz CT molecular complexity index is 790. The predicted molar refractivity (Wildman–Crippen MR) is 101 cm³/mol. The van der Waals surface area contributed by atoms with Crippen LogP contribution in [0.25, 0.3) is 0 Å². The van der Waals surface area contributed by atoms with E-state index in [9.17, 15) is 9.59 Å². The lowest BCUT2D eigenvalue weighted by atomic mass is 10.2. The van der Waals surface area contributed by atoms with Crippen molar-refractivity contribution in [2.45, 2.75) is 6.54 Å². The smallest absolute Gasteiger partial charge is 0.339 e. The van der Waals surface area contributed by atoms with E-state index >= 15 is 0 Å². The molecule has 1 aliphatic heterocycles. The first-order valence-corrected chi connectivity index (χ1v) is 8.89. The first kappa shape index (κ1) is 19.1. The highest BCUT2D eigenvalue weighted by Crippen LogP contribution is 2.22. The van der Waals surface area contributed by atoms with E-state index in [0.29, 0.717) is 42.6 Å². The molecule has 1 aromatic heterocycles. The first-order valence-electron chi connectivity index (χ1n) is 8.51. The summed E-state index contributed by atoms with van der Waals surface area (Å²) in [4.78, 5) is 32.3. The fourth-order valence-electron chi connectivity index (χ4n) is 2.73. The van der Waals surface area contributed by atoms with Gasteiger partial charge in [0, 0.05) is 30.0 Å². The second-order valence-corrected chi connectivity index (χ2v) is 6.41. The van der Waals surface area contributed by atoms with Crippen LogP contribution in [0.15, 0.2) is 42.6 Å². The molecule has 7 nitrogen and oxygen atoms in total. The van der Waals surface area contributed by atoms with E-state index in [0.717, 1.165) is 5.69 Å². The van der Waals surface area contributed by atoms with Crippen LogP contribution in [-0.2, 0) is 16.0 Å². The van der Waals surface area contributed by atoms with Crippen molar-refractivity contribution in [3.05, 3.63) is 58.9 Å². The number of pyridine rings is 1. The monoisotopic (exact) mass is 389 g/mol. The van der Waals surface area contributed by atoms with E-state index in [1.54, 1.807) is 46.2 Å². The van der Waals surface area contributed by atoms with Gasteiger partial charge < -0.3 is 14.4 Å². The van der Waals surface area contributed by atoms with E-state index in [-0.39, 0.29) is 12.6 Å². The lowest BCUT2D eigenvalue weighted by Crippen LogP contribution is -2.48. The van der Waals surface area contributed by atoms with Gasteiger partial charge in [0.2, 0.25) is 0 Å². The minimum absolute atomic E-state index is 0.125.